The molecule has 1 heterocycles. The Labute approximate surface area is 130 Å². The molecule has 1 aliphatic heterocycles. The Morgan fingerprint density at radius 2 is 1.90 bits per heavy atom. The van der Waals surface area contributed by atoms with Gasteiger partial charge in [-0.2, -0.15) is 0 Å². The second kappa shape index (κ2) is 10.0. The van der Waals surface area contributed by atoms with Gasteiger partial charge in [0.25, 0.3) is 0 Å². The number of likely N-dealkylation sites (tertiary alicyclic amines) is 1. The van der Waals surface area contributed by atoms with Gasteiger partial charge in [-0.3, -0.25) is 4.99 Å². The molecular formula is C16H33N3O2. The summed E-state index contributed by atoms with van der Waals surface area (Å²) in [5, 5.41) is 3.37. The average molecular weight is 299 g/mol. The van der Waals surface area contributed by atoms with Gasteiger partial charge in [-0.15, -0.1) is 0 Å². The number of nitrogens with one attached hydrogen (secondary N) is 1. The number of rotatable bonds is 9. The van der Waals surface area contributed by atoms with Crippen LogP contribution in [0.2, 0.25) is 0 Å². The first kappa shape index (κ1) is 18.2. The largest absolute Gasteiger partial charge is 0.379 e. The van der Waals surface area contributed by atoms with Gasteiger partial charge in [0.05, 0.1) is 19.8 Å². The predicted octanol–water partition coefficient (Wildman–Crippen LogP) is 2.13. The molecule has 0 atom stereocenters. The van der Waals surface area contributed by atoms with Crippen molar-refractivity contribution < 1.29 is 9.47 Å². The molecule has 124 valence electrons. The monoisotopic (exact) mass is 299 g/mol. The van der Waals surface area contributed by atoms with Crippen LogP contribution in [-0.2, 0) is 9.47 Å². The Bertz CT molecular complexity index is 306. The molecule has 1 rings (SSSR count). The van der Waals surface area contributed by atoms with Gasteiger partial charge < -0.3 is 19.7 Å². The molecule has 0 aromatic heterocycles. The molecule has 5 heteroatoms. The van der Waals surface area contributed by atoms with Crippen molar-refractivity contribution >= 4 is 5.96 Å². The van der Waals surface area contributed by atoms with Crippen LogP contribution in [0.3, 0.4) is 0 Å². The zero-order valence-electron chi connectivity index (χ0n) is 14.3. The highest BCUT2D eigenvalue weighted by molar-refractivity contribution is 5.80. The minimum Gasteiger partial charge on any atom is -0.379 e. The molecule has 1 fully saturated rings. The molecule has 0 aromatic carbocycles. The van der Waals surface area contributed by atoms with Gasteiger partial charge in [0.2, 0.25) is 0 Å². The second-order valence-corrected chi connectivity index (χ2v) is 6.39. The van der Waals surface area contributed by atoms with Crippen LogP contribution < -0.4 is 5.32 Å². The third-order valence-corrected chi connectivity index (χ3v) is 3.73. The van der Waals surface area contributed by atoms with Gasteiger partial charge in [-0.1, -0.05) is 27.2 Å². The van der Waals surface area contributed by atoms with E-state index in [2.05, 4.69) is 36.0 Å². The number of hydrogen-bond acceptors (Lipinski definition) is 3. The number of unbranched alkanes of at least 4 members (excludes halogenated alkanes) is 1. The van der Waals surface area contributed by atoms with Crippen LogP contribution in [0.1, 0.15) is 40.0 Å². The summed E-state index contributed by atoms with van der Waals surface area (Å²) < 4.78 is 11.0. The lowest BCUT2D eigenvalue weighted by molar-refractivity contribution is 0.0486. The van der Waals surface area contributed by atoms with Crippen LogP contribution in [0, 0.1) is 5.41 Å². The summed E-state index contributed by atoms with van der Waals surface area (Å²) in [6.45, 7) is 12.6. The van der Waals surface area contributed by atoms with Crippen LogP contribution in [0.4, 0.5) is 0 Å². The Morgan fingerprint density at radius 3 is 2.48 bits per heavy atom. The highest BCUT2D eigenvalue weighted by Crippen LogP contribution is 2.28. The minimum absolute atomic E-state index is 0.393. The van der Waals surface area contributed by atoms with Crippen molar-refractivity contribution in [2.45, 2.75) is 40.0 Å². The summed E-state index contributed by atoms with van der Waals surface area (Å²) in [6, 6.07) is 0. The summed E-state index contributed by atoms with van der Waals surface area (Å²) in [5.41, 5.74) is 0.393. The maximum absolute atomic E-state index is 5.55. The third kappa shape index (κ3) is 7.67. The van der Waals surface area contributed by atoms with Gasteiger partial charge >= 0.3 is 0 Å². The van der Waals surface area contributed by atoms with E-state index >= 15 is 0 Å². The van der Waals surface area contributed by atoms with Crippen LogP contribution >= 0.6 is 0 Å². The normalized spacial score (nSPS) is 18.3. The fourth-order valence-corrected chi connectivity index (χ4v) is 2.43. The Morgan fingerprint density at radius 1 is 1.19 bits per heavy atom. The SMILES string of the molecule is CCCCOCCOCCNC(=NC)N1CCC(C)(C)C1. The molecule has 1 aliphatic rings. The van der Waals surface area contributed by atoms with Crippen molar-refractivity contribution in [3.63, 3.8) is 0 Å². The number of nitrogens with zero attached hydrogens (tertiary/aromatic N) is 2. The second-order valence-electron chi connectivity index (χ2n) is 6.39. The summed E-state index contributed by atoms with van der Waals surface area (Å²) in [7, 11) is 1.84. The summed E-state index contributed by atoms with van der Waals surface area (Å²) in [4.78, 5) is 6.68. The van der Waals surface area contributed by atoms with E-state index in [1.165, 1.54) is 12.8 Å². The molecule has 1 saturated heterocycles. The standard InChI is InChI=1S/C16H33N3O2/c1-5-6-10-20-12-13-21-11-8-18-15(17-4)19-9-7-16(2,3)14-19/h5-14H2,1-4H3,(H,17,18). The molecule has 0 amide bonds. The lowest BCUT2D eigenvalue weighted by Gasteiger charge is -2.23. The molecule has 0 spiro atoms. The molecule has 0 aliphatic carbocycles. The predicted molar refractivity (Wildman–Crippen MR) is 87.9 cm³/mol. The molecule has 21 heavy (non-hydrogen) atoms. The van der Waals surface area contributed by atoms with Crippen molar-refractivity contribution in [2.24, 2.45) is 10.4 Å². The van der Waals surface area contributed by atoms with E-state index in [0.29, 0.717) is 25.2 Å². The molecule has 0 aromatic rings. The quantitative estimate of drug-likeness (QED) is 0.402. The molecular weight excluding hydrogens is 266 g/mol. The molecule has 5 nitrogen and oxygen atoms in total. The van der Waals surface area contributed by atoms with Gasteiger partial charge in [-0.05, 0) is 18.3 Å². The first-order valence-corrected chi connectivity index (χ1v) is 8.20. The highest BCUT2D eigenvalue weighted by atomic mass is 16.5. The number of aliphatic imine (C=N–C) groups is 1. The maximum atomic E-state index is 5.55. The number of ether oxygens (including phenoxy) is 2. The first-order valence-electron chi connectivity index (χ1n) is 8.20. The van der Waals surface area contributed by atoms with Crippen molar-refractivity contribution in [2.75, 3.05) is 53.1 Å². The smallest absolute Gasteiger partial charge is 0.193 e. The van der Waals surface area contributed by atoms with Crippen molar-refractivity contribution in [1.29, 1.82) is 0 Å². The summed E-state index contributed by atoms with van der Waals surface area (Å²) >= 11 is 0. The summed E-state index contributed by atoms with van der Waals surface area (Å²) in [5.74, 6) is 0.989. The van der Waals surface area contributed by atoms with Crippen LogP contribution in [0.5, 0.6) is 0 Å². The van der Waals surface area contributed by atoms with E-state index < -0.39 is 0 Å². The van der Waals surface area contributed by atoms with Crippen molar-refractivity contribution in [3.8, 4) is 0 Å². The third-order valence-electron chi connectivity index (χ3n) is 3.73. The van der Waals surface area contributed by atoms with Crippen LogP contribution in [0.25, 0.3) is 0 Å². The molecule has 0 radical (unpaired) electrons. The van der Waals surface area contributed by atoms with Gasteiger partial charge in [-0.25, -0.2) is 0 Å². The zero-order valence-corrected chi connectivity index (χ0v) is 14.3. The van der Waals surface area contributed by atoms with E-state index in [1.807, 2.05) is 7.05 Å². The Balaban J connectivity index is 2.03. The van der Waals surface area contributed by atoms with Gasteiger partial charge in [0, 0.05) is 33.3 Å². The lowest BCUT2D eigenvalue weighted by atomic mass is 9.93. The average Bonchev–Trinajstić information content (AvgIpc) is 2.81. The number of guanidine groups is 1. The Kier molecular flexibility index (Phi) is 8.69. The van der Waals surface area contributed by atoms with E-state index in [4.69, 9.17) is 9.47 Å². The molecule has 0 unspecified atom stereocenters. The highest BCUT2D eigenvalue weighted by Gasteiger charge is 2.30. The fourth-order valence-electron chi connectivity index (χ4n) is 2.43. The van der Waals surface area contributed by atoms with Crippen molar-refractivity contribution in [1.82, 2.24) is 10.2 Å². The topological polar surface area (TPSA) is 46.1 Å². The fraction of sp³-hybridized carbons (Fsp3) is 0.938. The maximum Gasteiger partial charge on any atom is 0.193 e. The van der Waals surface area contributed by atoms with E-state index in [1.54, 1.807) is 0 Å². The van der Waals surface area contributed by atoms with E-state index in [-0.39, 0.29) is 0 Å². The van der Waals surface area contributed by atoms with Crippen molar-refractivity contribution in [3.05, 3.63) is 0 Å². The van der Waals surface area contributed by atoms with Crippen LogP contribution in [0.15, 0.2) is 4.99 Å². The Hall–Kier alpha value is -0.810. The number of hydrogen-bond donors (Lipinski definition) is 1. The molecule has 0 saturated carbocycles. The zero-order chi connectivity index (χ0) is 15.6. The molecule has 0 bridgehead atoms. The van der Waals surface area contributed by atoms with Gasteiger partial charge in [0.15, 0.2) is 5.96 Å². The van der Waals surface area contributed by atoms with Gasteiger partial charge in [0.1, 0.15) is 0 Å². The lowest BCUT2D eigenvalue weighted by Crippen LogP contribution is -2.42. The van der Waals surface area contributed by atoms with E-state index in [0.717, 1.165) is 38.6 Å². The first-order chi connectivity index (χ1) is 10.1. The van der Waals surface area contributed by atoms with Crippen LogP contribution in [-0.4, -0.2) is 64.0 Å². The van der Waals surface area contributed by atoms with E-state index in [9.17, 15) is 0 Å². The molecule has 1 N–H and O–H groups in total. The minimum atomic E-state index is 0.393. The summed E-state index contributed by atoms with van der Waals surface area (Å²) in [6.07, 6.45) is 3.53.